The molecule has 0 aliphatic rings. The van der Waals surface area contributed by atoms with Crippen LogP contribution in [0.25, 0.3) is 0 Å². The summed E-state index contributed by atoms with van der Waals surface area (Å²) in [4.78, 5) is 25.4. The monoisotopic (exact) mass is 270 g/mol. The number of nitrogens with one attached hydrogen (secondary N) is 2. The van der Waals surface area contributed by atoms with E-state index in [9.17, 15) is 9.59 Å². The Morgan fingerprint density at radius 3 is 2.90 bits per heavy atom. The van der Waals surface area contributed by atoms with E-state index in [4.69, 9.17) is 4.74 Å². The number of pyridine rings is 1. The van der Waals surface area contributed by atoms with Crippen LogP contribution in [0.3, 0.4) is 0 Å². The van der Waals surface area contributed by atoms with Crippen LogP contribution in [0.15, 0.2) is 60.0 Å². The van der Waals surface area contributed by atoms with Gasteiger partial charge in [0.1, 0.15) is 12.4 Å². The fraction of sp³-hybridized carbons (Fsp3) is 0.0667. The van der Waals surface area contributed by atoms with E-state index in [1.54, 1.807) is 30.3 Å². The molecule has 0 aliphatic heterocycles. The minimum Gasteiger partial charge on any atom is -0.489 e. The molecule has 0 saturated carbocycles. The second-order valence-electron chi connectivity index (χ2n) is 4.02. The lowest BCUT2D eigenvalue weighted by molar-refractivity contribution is 0.102. The smallest absolute Gasteiger partial charge is 0.257 e. The first-order valence-corrected chi connectivity index (χ1v) is 6.03. The van der Waals surface area contributed by atoms with Gasteiger partial charge in [-0.15, -0.1) is 0 Å². The second kappa shape index (κ2) is 6.38. The van der Waals surface area contributed by atoms with Crippen molar-refractivity contribution in [2.45, 2.75) is 0 Å². The van der Waals surface area contributed by atoms with Gasteiger partial charge in [-0.3, -0.25) is 9.59 Å². The van der Waals surface area contributed by atoms with E-state index in [2.05, 4.69) is 16.9 Å². The Hall–Kier alpha value is -2.82. The molecule has 2 rings (SSSR count). The molecule has 0 atom stereocenters. The summed E-state index contributed by atoms with van der Waals surface area (Å²) in [5.74, 6) is 0.339. The molecule has 1 aromatic heterocycles. The normalized spacial score (nSPS) is 9.80. The molecule has 0 saturated heterocycles. The molecule has 2 N–H and O–H groups in total. The first kappa shape index (κ1) is 13.6. The molecule has 1 heterocycles. The summed E-state index contributed by atoms with van der Waals surface area (Å²) in [6.07, 6.45) is 3.02. The van der Waals surface area contributed by atoms with Crippen molar-refractivity contribution < 1.29 is 9.53 Å². The highest BCUT2D eigenvalue weighted by Crippen LogP contribution is 2.17. The summed E-state index contributed by atoms with van der Waals surface area (Å²) in [7, 11) is 0. The lowest BCUT2D eigenvalue weighted by Crippen LogP contribution is -2.14. The third-order valence-electron chi connectivity index (χ3n) is 2.51. The zero-order chi connectivity index (χ0) is 14.4. The zero-order valence-electron chi connectivity index (χ0n) is 10.8. The number of aromatic amines is 1. The highest BCUT2D eigenvalue weighted by atomic mass is 16.5. The van der Waals surface area contributed by atoms with Gasteiger partial charge in [-0.25, -0.2) is 0 Å². The number of carbonyl (C=O) groups is 1. The minimum absolute atomic E-state index is 0.249. The van der Waals surface area contributed by atoms with E-state index in [1.807, 2.05) is 0 Å². The highest BCUT2D eigenvalue weighted by molar-refractivity contribution is 6.04. The fourth-order valence-electron chi connectivity index (χ4n) is 1.57. The number of H-pyrrole nitrogens is 1. The van der Waals surface area contributed by atoms with Crippen LogP contribution in [0, 0.1) is 0 Å². The van der Waals surface area contributed by atoms with Gasteiger partial charge >= 0.3 is 0 Å². The van der Waals surface area contributed by atoms with Crippen molar-refractivity contribution in [2.75, 3.05) is 11.9 Å². The Morgan fingerprint density at radius 2 is 2.20 bits per heavy atom. The first-order valence-electron chi connectivity index (χ1n) is 6.03. The zero-order valence-corrected chi connectivity index (χ0v) is 10.8. The van der Waals surface area contributed by atoms with Crippen molar-refractivity contribution in [2.24, 2.45) is 0 Å². The van der Waals surface area contributed by atoms with Crippen molar-refractivity contribution >= 4 is 11.6 Å². The predicted molar refractivity (Wildman–Crippen MR) is 77.1 cm³/mol. The van der Waals surface area contributed by atoms with Crippen LogP contribution in [0.1, 0.15) is 10.4 Å². The van der Waals surface area contributed by atoms with Crippen LogP contribution in [-0.2, 0) is 0 Å². The number of aromatic nitrogens is 1. The van der Waals surface area contributed by atoms with E-state index < -0.39 is 0 Å². The van der Waals surface area contributed by atoms with Gasteiger partial charge in [0.15, 0.2) is 0 Å². The Bertz CT molecular complexity index is 656. The molecule has 0 bridgehead atoms. The van der Waals surface area contributed by atoms with Gasteiger partial charge in [0.05, 0.1) is 5.56 Å². The van der Waals surface area contributed by atoms with Gasteiger partial charge in [-0.1, -0.05) is 18.7 Å². The molecule has 0 unspecified atom stereocenters. The van der Waals surface area contributed by atoms with E-state index in [-0.39, 0.29) is 11.5 Å². The first-order chi connectivity index (χ1) is 9.69. The van der Waals surface area contributed by atoms with E-state index in [1.165, 1.54) is 18.3 Å². The van der Waals surface area contributed by atoms with Gasteiger partial charge in [0, 0.05) is 24.0 Å². The SMILES string of the molecule is C=CCOc1cccc(NC(=O)c2ccc(=O)[nH]c2)c1. The van der Waals surface area contributed by atoms with Crippen LogP contribution >= 0.6 is 0 Å². The van der Waals surface area contributed by atoms with Crippen LogP contribution in [0.2, 0.25) is 0 Å². The largest absolute Gasteiger partial charge is 0.489 e. The molecular weight excluding hydrogens is 256 g/mol. The summed E-state index contributed by atoms with van der Waals surface area (Å²) in [5.41, 5.74) is 0.742. The standard InChI is InChI=1S/C15H14N2O3/c1-2-8-20-13-5-3-4-12(9-13)17-15(19)11-6-7-14(18)16-10-11/h2-7,9-10H,1,8H2,(H,16,18)(H,17,19). The number of rotatable bonds is 5. The number of ether oxygens (including phenoxy) is 1. The molecule has 5 nitrogen and oxygen atoms in total. The minimum atomic E-state index is -0.304. The van der Waals surface area contributed by atoms with Gasteiger partial charge in [0.2, 0.25) is 5.56 Å². The van der Waals surface area contributed by atoms with Crippen molar-refractivity contribution in [3.8, 4) is 5.75 Å². The summed E-state index contributed by atoms with van der Waals surface area (Å²) in [6.45, 7) is 3.97. The maximum Gasteiger partial charge on any atom is 0.257 e. The Labute approximate surface area is 115 Å². The molecule has 1 amide bonds. The lowest BCUT2D eigenvalue weighted by atomic mass is 10.2. The number of anilines is 1. The molecule has 20 heavy (non-hydrogen) atoms. The Balaban J connectivity index is 2.09. The van der Waals surface area contributed by atoms with Crippen molar-refractivity contribution in [3.63, 3.8) is 0 Å². The molecule has 0 fully saturated rings. The average molecular weight is 270 g/mol. The summed E-state index contributed by atoms with van der Waals surface area (Å²) in [5, 5.41) is 2.73. The van der Waals surface area contributed by atoms with Crippen LogP contribution < -0.4 is 15.6 Å². The third kappa shape index (κ3) is 3.58. The molecular formula is C15H14N2O3. The molecule has 102 valence electrons. The van der Waals surface area contributed by atoms with Crippen molar-refractivity contribution in [3.05, 3.63) is 71.2 Å². The highest BCUT2D eigenvalue weighted by Gasteiger charge is 2.06. The number of amides is 1. The van der Waals surface area contributed by atoms with Crippen molar-refractivity contribution in [1.29, 1.82) is 0 Å². The lowest BCUT2D eigenvalue weighted by Gasteiger charge is -2.08. The van der Waals surface area contributed by atoms with Crippen LogP contribution in [-0.4, -0.2) is 17.5 Å². The van der Waals surface area contributed by atoms with Crippen molar-refractivity contribution in [1.82, 2.24) is 4.98 Å². The molecule has 1 aromatic carbocycles. The molecule has 0 spiro atoms. The molecule has 0 radical (unpaired) electrons. The van der Waals surface area contributed by atoms with E-state index in [0.29, 0.717) is 23.6 Å². The average Bonchev–Trinajstić information content (AvgIpc) is 2.46. The summed E-state index contributed by atoms with van der Waals surface area (Å²) >= 11 is 0. The van der Waals surface area contributed by atoms with E-state index >= 15 is 0 Å². The molecule has 5 heteroatoms. The second-order valence-corrected chi connectivity index (χ2v) is 4.02. The quantitative estimate of drug-likeness (QED) is 0.818. The fourth-order valence-corrected chi connectivity index (χ4v) is 1.57. The Kier molecular flexibility index (Phi) is 4.34. The van der Waals surface area contributed by atoms with Gasteiger partial charge in [-0.05, 0) is 18.2 Å². The van der Waals surface area contributed by atoms with Gasteiger partial charge < -0.3 is 15.0 Å². The number of hydrogen-bond donors (Lipinski definition) is 2. The summed E-state index contributed by atoms with van der Waals surface area (Å²) < 4.78 is 5.38. The Morgan fingerprint density at radius 1 is 1.35 bits per heavy atom. The predicted octanol–water partition coefficient (Wildman–Crippen LogP) is 2.19. The van der Waals surface area contributed by atoms with Gasteiger partial charge in [-0.2, -0.15) is 0 Å². The number of hydrogen-bond acceptors (Lipinski definition) is 3. The maximum absolute atomic E-state index is 12.0. The van der Waals surface area contributed by atoms with E-state index in [0.717, 1.165) is 0 Å². The van der Waals surface area contributed by atoms with Gasteiger partial charge in [0.25, 0.3) is 5.91 Å². The van der Waals surface area contributed by atoms with Crippen LogP contribution in [0.5, 0.6) is 5.75 Å². The number of benzene rings is 1. The maximum atomic E-state index is 12.0. The third-order valence-corrected chi connectivity index (χ3v) is 2.51. The molecule has 0 aliphatic carbocycles. The number of carbonyl (C=O) groups excluding carboxylic acids is 1. The summed E-state index contributed by atoms with van der Waals surface area (Å²) in [6, 6.07) is 9.81. The molecule has 2 aromatic rings. The van der Waals surface area contributed by atoms with Crippen LogP contribution in [0.4, 0.5) is 5.69 Å². The topological polar surface area (TPSA) is 71.2 Å².